The van der Waals surface area contributed by atoms with Crippen molar-refractivity contribution in [3.05, 3.63) is 34.9 Å². The second-order valence-corrected chi connectivity index (χ2v) is 4.58. The van der Waals surface area contributed by atoms with E-state index in [-0.39, 0.29) is 0 Å². The Hall–Kier alpha value is -1.32. The fraction of sp³-hybridized carbons (Fsp3) is 0.308. The summed E-state index contributed by atoms with van der Waals surface area (Å²) < 4.78 is 0. The van der Waals surface area contributed by atoms with Gasteiger partial charge >= 0.3 is 0 Å². The first-order valence-electron chi connectivity index (χ1n) is 5.55. The molecule has 0 spiro atoms. The average Bonchev–Trinajstić information content (AvgIpc) is 2.31. The topological polar surface area (TPSA) is 45.1 Å². The summed E-state index contributed by atoms with van der Waals surface area (Å²) in [6, 6.07) is 7.73. The smallest absolute Gasteiger partial charge is 0.126 e. The summed E-state index contributed by atoms with van der Waals surface area (Å²) in [6.07, 6.45) is -0.395. The number of anilines is 1. The van der Waals surface area contributed by atoms with Gasteiger partial charge in [-0.25, -0.2) is 4.98 Å². The van der Waals surface area contributed by atoms with Crippen LogP contribution in [0.3, 0.4) is 0 Å². The highest BCUT2D eigenvalue weighted by molar-refractivity contribution is 6.32. The molecule has 2 rings (SSSR count). The van der Waals surface area contributed by atoms with Gasteiger partial charge in [0.05, 0.1) is 11.6 Å². The van der Waals surface area contributed by atoms with Gasteiger partial charge < -0.3 is 10.4 Å². The van der Waals surface area contributed by atoms with E-state index >= 15 is 0 Å². The second-order valence-electron chi connectivity index (χ2n) is 4.17. The van der Waals surface area contributed by atoms with Gasteiger partial charge in [0, 0.05) is 17.0 Å². The van der Waals surface area contributed by atoms with Crippen molar-refractivity contribution < 1.29 is 5.11 Å². The van der Waals surface area contributed by atoms with Crippen LogP contribution in [0.5, 0.6) is 0 Å². The lowest BCUT2D eigenvalue weighted by Crippen LogP contribution is -2.15. The maximum atomic E-state index is 9.21. The highest BCUT2D eigenvalue weighted by atomic mass is 35.5. The zero-order chi connectivity index (χ0) is 12.4. The molecule has 0 aliphatic rings. The molecule has 0 aliphatic carbocycles. The molecule has 1 aromatic carbocycles. The lowest BCUT2D eigenvalue weighted by molar-refractivity contribution is 0.208. The number of pyridine rings is 1. The van der Waals surface area contributed by atoms with Gasteiger partial charge in [0.2, 0.25) is 0 Å². The van der Waals surface area contributed by atoms with Gasteiger partial charge in [-0.1, -0.05) is 17.7 Å². The van der Waals surface area contributed by atoms with E-state index in [2.05, 4.69) is 10.3 Å². The molecule has 90 valence electrons. The van der Waals surface area contributed by atoms with E-state index in [0.29, 0.717) is 6.54 Å². The van der Waals surface area contributed by atoms with Crippen LogP contribution in [0, 0.1) is 6.92 Å². The fourth-order valence-electron chi connectivity index (χ4n) is 1.66. The molecule has 4 heteroatoms. The van der Waals surface area contributed by atoms with Crippen molar-refractivity contribution >= 4 is 28.3 Å². The number of nitrogens with one attached hydrogen (secondary N) is 1. The number of halogens is 1. The predicted molar refractivity (Wildman–Crippen MR) is 71.7 cm³/mol. The minimum absolute atomic E-state index is 0.395. The Morgan fingerprint density at radius 2 is 2.06 bits per heavy atom. The van der Waals surface area contributed by atoms with E-state index in [9.17, 15) is 5.11 Å². The molecule has 1 atom stereocenters. The molecule has 0 saturated heterocycles. The van der Waals surface area contributed by atoms with Crippen LogP contribution in [0.15, 0.2) is 24.3 Å². The molecule has 1 heterocycles. The van der Waals surface area contributed by atoms with E-state index < -0.39 is 6.10 Å². The van der Waals surface area contributed by atoms with Crippen LogP contribution in [0.4, 0.5) is 5.82 Å². The summed E-state index contributed by atoms with van der Waals surface area (Å²) in [7, 11) is 0. The average molecular weight is 251 g/mol. The third kappa shape index (κ3) is 2.68. The fourth-order valence-corrected chi connectivity index (χ4v) is 1.81. The zero-order valence-corrected chi connectivity index (χ0v) is 10.6. The number of rotatable bonds is 3. The van der Waals surface area contributed by atoms with Crippen molar-refractivity contribution in [1.29, 1.82) is 0 Å². The maximum Gasteiger partial charge on any atom is 0.126 e. The van der Waals surface area contributed by atoms with Crippen molar-refractivity contribution in [3.63, 3.8) is 0 Å². The van der Waals surface area contributed by atoms with Crippen molar-refractivity contribution in [2.24, 2.45) is 0 Å². The first kappa shape index (κ1) is 12.1. The molecule has 0 amide bonds. The molecule has 17 heavy (non-hydrogen) atoms. The first-order chi connectivity index (χ1) is 8.08. The standard InChI is InChI=1S/C13H15ClN2O/c1-8(17)7-15-12-6-4-10-3-5-11(14)9(2)13(10)16-12/h3-6,8,17H,7H2,1-2H3,(H,15,16). The normalized spacial score (nSPS) is 12.7. The van der Waals surface area contributed by atoms with Gasteiger partial charge in [-0.15, -0.1) is 0 Å². The number of hydrogen-bond acceptors (Lipinski definition) is 3. The number of aromatic nitrogens is 1. The van der Waals surface area contributed by atoms with Gasteiger partial charge in [0.1, 0.15) is 5.82 Å². The Balaban J connectivity index is 2.38. The Morgan fingerprint density at radius 3 is 2.76 bits per heavy atom. The predicted octanol–water partition coefficient (Wildman–Crippen LogP) is 2.99. The molecule has 1 aromatic heterocycles. The number of aryl methyl sites for hydroxylation is 1. The largest absolute Gasteiger partial charge is 0.392 e. The van der Waals surface area contributed by atoms with Crippen LogP contribution in [0.1, 0.15) is 12.5 Å². The molecule has 1 unspecified atom stereocenters. The van der Waals surface area contributed by atoms with Crippen LogP contribution in [0.25, 0.3) is 10.9 Å². The third-order valence-electron chi connectivity index (χ3n) is 2.63. The summed E-state index contributed by atoms with van der Waals surface area (Å²) in [5.41, 5.74) is 1.87. The Morgan fingerprint density at radius 1 is 1.35 bits per heavy atom. The molecule has 2 aromatic rings. The van der Waals surface area contributed by atoms with Crippen LogP contribution in [-0.2, 0) is 0 Å². The van der Waals surface area contributed by atoms with E-state index in [1.807, 2.05) is 31.2 Å². The van der Waals surface area contributed by atoms with E-state index in [1.165, 1.54) is 0 Å². The van der Waals surface area contributed by atoms with Gasteiger partial charge in [0.15, 0.2) is 0 Å². The molecule has 0 bridgehead atoms. The Labute approximate surface area is 105 Å². The van der Waals surface area contributed by atoms with E-state index in [1.54, 1.807) is 6.92 Å². The number of fused-ring (bicyclic) bond motifs is 1. The number of nitrogens with zero attached hydrogens (tertiary/aromatic N) is 1. The Kier molecular flexibility index (Phi) is 3.50. The number of benzene rings is 1. The van der Waals surface area contributed by atoms with Crippen LogP contribution < -0.4 is 5.32 Å². The lowest BCUT2D eigenvalue weighted by atomic mass is 10.1. The first-order valence-corrected chi connectivity index (χ1v) is 5.93. The monoisotopic (exact) mass is 250 g/mol. The summed E-state index contributed by atoms with van der Waals surface area (Å²) in [5, 5.41) is 14.1. The molecule has 0 aliphatic heterocycles. The highest BCUT2D eigenvalue weighted by Gasteiger charge is 2.04. The summed E-state index contributed by atoms with van der Waals surface area (Å²) in [6.45, 7) is 4.17. The summed E-state index contributed by atoms with van der Waals surface area (Å²) >= 11 is 6.07. The lowest BCUT2D eigenvalue weighted by Gasteiger charge is -2.09. The maximum absolute atomic E-state index is 9.21. The van der Waals surface area contributed by atoms with Crippen LogP contribution >= 0.6 is 11.6 Å². The van der Waals surface area contributed by atoms with Crippen molar-refractivity contribution in [2.75, 3.05) is 11.9 Å². The summed E-state index contributed by atoms with van der Waals surface area (Å²) in [4.78, 5) is 4.50. The van der Waals surface area contributed by atoms with Gasteiger partial charge in [0.25, 0.3) is 0 Å². The quantitative estimate of drug-likeness (QED) is 0.880. The number of aliphatic hydroxyl groups excluding tert-OH is 1. The SMILES string of the molecule is Cc1c(Cl)ccc2ccc(NCC(C)O)nc12. The highest BCUT2D eigenvalue weighted by Crippen LogP contribution is 2.24. The molecular formula is C13H15ClN2O. The van der Waals surface area contributed by atoms with Crippen molar-refractivity contribution in [1.82, 2.24) is 4.98 Å². The minimum Gasteiger partial charge on any atom is -0.392 e. The number of aliphatic hydroxyl groups is 1. The minimum atomic E-state index is -0.395. The number of hydrogen-bond donors (Lipinski definition) is 2. The molecular weight excluding hydrogens is 236 g/mol. The van der Waals surface area contributed by atoms with Gasteiger partial charge in [-0.3, -0.25) is 0 Å². The third-order valence-corrected chi connectivity index (χ3v) is 3.04. The molecule has 0 saturated carbocycles. The van der Waals surface area contributed by atoms with Gasteiger partial charge in [-0.2, -0.15) is 0 Å². The molecule has 2 N–H and O–H groups in total. The van der Waals surface area contributed by atoms with Gasteiger partial charge in [-0.05, 0) is 37.6 Å². The van der Waals surface area contributed by atoms with Crippen LogP contribution in [-0.4, -0.2) is 22.7 Å². The molecule has 0 fully saturated rings. The Bertz CT molecular complexity index is 540. The van der Waals surface area contributed by atoms with E-state index in [0.717, 1.165) is 27.3 Å². The van der Waals surface area contributed by atoms with Crippen molar-refractivity contribution in [2.45, 2.75) is 20.0 Å². The summed E-state index contributed by atoms with van der Waals surface area (Å²) in [5.74, 6) is 0.753. The van der Waals surface area contributed by atoms with E-state index in [4.69, 9.17) is 11.6 Å². The molecule has 0 radical (unpaired) electrons. The zero-order valence-electron chi connectivity index (χ0n) is 9.87. The second kappa shape index (κ2) is 4.90. The van der Waals surface area contributed by atoms with Crippen LogP contribution in [0.2, 0.25) is 5.02 Å². The molecule has 3 nitrogen and oxygen atoms in total. The van der Waals surface area contributed by atoms with Crippen molar-refractivity contribution in [3.8, 4) is 0 Å².